The third kappa shape index (κ3) is 2.53. The maximum Gasteiger partial charge on any atom is 0.147 e. The van der Waals surface area contributed by atoms with Crippen molar-refractivity contribution in [2.45, 2.75) is 0 Å². The molecule has 1 aromatic carbocycles. The van der Waals surface area contributed by atoms with Crippen molar-refractivity contribution in [2.75, 3.05) is 0 Å². The van der Waals surface area contributed by atoms with Crippen LogP contribution in [0.4, 0.5) is 0 Å². The third-order valence-corrected chi connectivity index (χ3v) is 3.01. The van der Waals surface area contributed by atoms with Crippen LogP contribution in [0.3, 0.4) is 0 Å². The highest BCUT2D eigenvalue weighted by atomic mass is 35.5. The first kappa shape index (κ1) is 12.2. The molecule has 0 atom stereocenters. The van der Waals surface area contributed by atoms with Crippen LogP contribution in [0.25, 0.3) is 11.3 Å². The van der Waals surface area contributed by atoms with Gasteiger partial charge < -0.3 is 0 Å². The predicted octanol–water partition coefficient (Wildman–Crippen LogP) is 4.58. The molecule has 0 unspecified atom stereocenters. The number of halogens is 3. The second-order valence-corrected chi connectivity index (χ2v) is 4.47. The van der Waals surface area contributed by atoms with Crippen LogP contribution in [0.15, 0.2) is 30.3 Å². The molecule has 0 N–H and O–H groups in total. The number of rotatable bonds is 1. The van der Waals surface area contributed by atoms with Gasteiger partial charge in [0, 0.05) is 10.6 Å². The predicted molar refractivity (Wildman–Crippen MR) is 69.4 cm³/mol. The number of nitrogens with zero attached hydrogens (tertiary/aromatic N) is 2. The largest absolute Gasteiger partial charge is 0.235 e. The molecule has 17 heavy (non-hydrogen) atoms. The molecule has 0 saturated heterocycles. The second kappa shape index (κ2) is 4.93. The standard InChI is InChI=1S/C12H5Cl3N2/c13-8-2-3-9(10(14)5-8)11-4-1-7(6-16)12(15)17-11/h1-5H. The molecule has 0 bridgehead atoms. The Hall–Kier alpha value is -1.27. The smallest absolute Gasteiger partial charge is 0.147 e. The maximum absolute atomic E-state index is 8.75. The minimum absolute atomic E-state index is 0.163. The van der Waals surface area contributed by atoms with E-state index in [1.54, 1.807) is 30.3 Å². The quantitative estimate of drug-likeness (QED) is 0.718. The van der Waals surface area contributed by atoms with Crippen LogP contribution >= 0.6 is 34.8 Å². The molecule has 0 saturated carbocycles. The SMILES string of the molecule is N#Cc1ccc(-c2ccc(Cl)cc2Cl)nc1Cl. The fraction of sp³-hybridized carbons (Fsp3) is 0. The highest BCUT2D eigenvalue weighted by molar-refractivity contribution is 6.36. The first-order chi connectivity index (χ1) is 8.11. The number of hydrogen-bond acceptors (Lipinski definition) is 2. The molecule has 0 spiro atoms. The molecule has 0 fully saturated rings. The van der Waals surface area contributed by atoms with Crippen LogP contribution in [0.5, 0.6) is 0 Å². The molecule has 0 amide bonds. The van der Waals surface area contributed by atoms with Gasteiger partial charge in [0.15, 0.2) is 0 Å². The van der Waals surface area contributed by atoms with Gasteiger partial charge in [-0.05, 0) is 30.3 Å². The zero-order chi connectivity index (χ0) is 12.4. The molecule has 0 aliphatic heterocycles. The molecule has 1 heterocycles. The lowest BCUT2D eigenvalue weighted by Crippen LogP contribution is -1.88. The van der Waals surface area contributed by atoms with Crippen molar-refractivity contribution in [3.05, 3.63) is 51.1 Å². The van der Waals surface area contributed by atoms with Crippen molar-refractivity contribution >= 4 is 34.8 Å². The van der Waals surface area contributed by atoms with E-state index in [0.717, 1.165) is 5.56 Å². The van der Waals surface area contributed by atoms with E-state index in [1.807, 2.05) is 6.07 Å². The molecule has 0 radical (unpaired) electrons. The normalized spacial score (nSPS) is 10.0. The minimum atomic E-state index is 0.163. The Morgan fingerprint density at radius 3 is 2.41 bits per heavy atom. The summed E-state index contributed by atoms with van der Waals surface area (Å²) in [6.45, 7) is 0. The molecular weight excluding hydrogens is 279 g/mol. The average Bonchev–Trinajstić information content (AvgIpc) is 2.29. The highest BCUT2D eigenvalue weighted by Crippen LogP contribution is 2.30. The number of hydrogen-bond donors (Lipinski definition) is 0. The molecule has 2 rings (SSSR count). The summed E-state index contributed by atoms with van der Waals surface area (Å²) in [4.78, 5) is 4.12. The Bertz CT molecular complexity index is 618. The van der Waals surface area contributed by atoms with Crippen LogP contribution in [-0.2, 0) is 0 Å². The number of pyridine rings is 1. The summed E-state index contributed by atoms with van der Waals surface area (Å²) in [6, 6.07) is 10.4. The first-order valence-electron chi connectivity index (χ1n) is 4.64. The number of benzene rings is 1. The van der Waals surface area contributed by atoms with E-state index in [1.165, 1.54) is 0 Å². The monoisotopic (exact) mass is 282 g/mol. The lowest BCUT2D eigenvalue weighted by atomic mass is 10.1. The van der Waals surface area contributed by atoms with Gasteiger partial charge >= 0.3 is 0 Å². The molecule has 84 valence electrons. The Morgan fingerprint density at radius 2 is 1.82 bits per heavy atom. The van der Waals surface area contributed by atoms with Crippen LogP contribution in [0, 0.1) is 11.3 Å². The summed E-state index contributed by atoms with van der Waals surface area (Å²) in [7, 11) is 0. The summed E-state index contributed by atoms with van der Waals surface area (Å²) in [5, 5.41) is 9.96. The molecule has 0 aliphatic carbocycles. The Morgan fingerprint density at radius 1 is 1.06 bits per heavy atom. The molecule has 0 aliphatic rings. The molecule has 5 heteroatoms. The Balaban J connectivity index is 2.54. The molecule has 1 aromatic heterocycles. The van der Waals surface area contributed by atoms with Crippen molar-refractivity contribution in [3.63, 3.8) is 0 Å². The zero-order valence-corrected chi connectivity index (χ0v) is 10.7. The van der Waals surface area contributed by atoms with Crippen molar-refractivity contribution < 1.29 is 0 Å². The van der Waals surface area contributed by atoms with Crippen molar-refractivity contribution in [2.24, 2.45) is 0 Å². The fourth-order valence-electron chi connectivity index (χ4n) is 1.36. The average molecular weight is 284 g/mol. The molecular formula is C12H5Cl3N2. The van der Waals surface area contributed by atoms with Crippen LogP contribution in [-0.4, -0.2) is 4.98 Å². The molecule has 2 nitrogen and oxygen atoms in total. The van der Waals surface area contributed by atoms with E-state index in [0.29, 0.717) is 21.3 Å². The Labute approximate surface area is 113 Å². The summed E-state index contributed by atoms with van der Waals surface area (Å²) >= 11 is 17.7. The van der Waals surface area contributed by atoms with E-state index in [2.05, 4.69) is 4.98 Å². The highest BCUT2D eigenvalue weighted by Gasteiger charge is 2.08. The summed E-state index contributed by atoms with van der Waals surface area (Å²) < 4.78 is 0. The van der Waals surface area contributed by atoms with Gasteiger partial charge in [0.1, 0.15) is 11.2 Å². The van der Waals surface area contributed by atoms with Crippen LogP contribution < -0.4 is 0 Å². The second-order valence-electron chi connectivity index (χ2n) is 3.27. The molecule has 2 aromatic rings. The van der Waals surface area contributed by atoms with E-state index < -0.39 is 0 Å². The van der Waals surface area contributed by atoms with Gasteiger partial charge in [-0.15, -0.1) is 0 Å². The fourth-order valence-corrected chi connectivity index (χ4v) is 2.07. The van der Waals surface area contributed by atoms with Gasteiger partial charge in [0.2, 0.25) is 0 Å². The maximum atomic E-state index is 8.75. The lowest BCUT2D eigenvalue weighted by molar-refractivity contribution is 1.30. The van der Waals surface area contributed by atoms with Crippen molar-refractivity contribution in [1.82, 2.24) is 4.98 Å². The van der Waals surface area contributed by atoms with Gasteiger partial charge in [-0.2, -0.15) is 5.26 Å². The van der Waals surface area contributed by atoms with Crippen molar-refractivity contribution in [1.29, 1.82) is 5.26 Å². The van der Waals surface area contributed by atoms with E-state index in [-0.39, 0.29) is 5.15 Å². The van der Waals surface area contributed by atoms with Gasteiger partial charge in [0.25, 0.3) is 0 Å². The zero-order valence-electron chi connectivity index (χ0n) is 8.42. The Kier molecular flexibility index (Phi) is 3.54. The van der Waals surface area contributed by atoms with Gasteiger partial charge in [0.05, 0.1) is 16.3 Å². The van der Waals surface area contributed by atoms with E-state index in [9.17, 15) is 0 Å². The summed E-state index contributed by atoms with van der Waals surface area (Å²) in [5.74, 6) is 0. The van der Waals surface area contributed by atoms with Gasteiger partial charge in [-0.25, -0.2) is 4.98 Å². The number of nitriles is 1. The first-order valence-corrected chi connectivity index (χ1v) is 5.77. The van der Waals surface area contributed by atoms with Gasteiger partial charge in [-0.3, -0.25) is 0 Å². The number of aromatic nitrogens is 1. The summed E-state index contributed by atoms with van der Waals surface area (Å²) in [6.07, 6.45) is 0. The van der Waals surface area contributed by atoms with E-state index >= 15 is 0 Å². The topological polar surface area (TPSA) is 36.7 Å². The van der Waals surface area contributed by atoms with E-state index in [4.69, 9.17) is 40.1 Å². The van der Waals surface area contributed by atoms with Crippen LogP contribution in [0.2, 0.25) is 15.2 Å². The third-order valence-electron chi connectivity index (χ3n) is 2.18. The van der Waals surface area contributed by atoms with Gasteiger partial charge in [-0.1, -0.05) is 34.8 Å². The van der Waals surface area contributed by atoms with Crippen molar-refractivity contribution in [3.8, 4) is 17.3 Å². The lowest BCUT2D eigenvalue weighted by Gasteiger charge is -2.05. The van der Waals surface area contributed by atoms with Crippen LogP contribution in [0.1, 0.15) is 5.56 Å². The minimum Gasteiger partial charge on any atom is -0.235 e. The summed E-state index contributed by atoms with van der Waals surface area (Å²) in [5.41, 5.74) is 1.67.